The molecule has 114 valence electrons. The van der Waals surface area contributed by atoms with Gasteiger partial charge in [-0.15, -0.1) is 0 Å². The number of nitrogens with zero attached hydrogens (tertiary/aromatic N) is 1. The maximum atomic E-state index is 11.9. The predicted octanol–water partition coefficient (Wildman–Crippen LogP) is 1.62. The molecule has 0 radical (unpaired) electrons. The molecule has 1 aliphatic heterocycles. The van der Waals surface area contributed by atoms with Gasteiger partial charge in [-0.2, -0.15) is 0 Å². The molecule has 1 aliphatic carbocycles. The molecule has 1 amide bonds. The monoisotopic (exact) mass is 287 g/mol. The number of hydrogen-bond donors (Lipinski definition) is 2. The molecule has 4 heteroatoms. The molecule has 0 spiro atoms. The maximum Gasteiger partial charge on any atom is 0.224 e. The fraction of sp³-hybridized carbons (Fsp3) is 0.647. The van der Waals surface area contributed by atoms with E-state index < -0.39 is 0 Å². The molecule has 1 atom stereocenters. The van der Waals surface area contributed by atoms with E-state index in [1.807, 2.05) is 0 Å². The Morgan fingerprint density at radius 2 is 2.24 bits per heavy atom. The lowest BCUT2D eigenvalue weighted by atomic mass is 9.95. The fourth-order valence-corrected chi connectivity index (χ4v) is 3.27. The van der Waals surface area contributed by atoms with Crippen LogP contribution in [0, 0.1) is 5.92 Å². The topological polar surface area (TPSA) is 54.0 Å². The van der Waals surface area contributed by atoms with Crippen LogP contribution in [0.15, 0.2) is 12.1 Å². The number of pyridine rings is 1. The van der Waals surface area contributed by atoms with Gasteiger partial charge >= 0.3 is 0 Å². The molecule has 2 aliphatic rings. The minimum Gasteiger partial charge on any atom is -0.356 e. The largest absolute Gasteiger partial charge is 0.356 e. The molecule has 0 aromatic carbocycles. The summed E-state index contributed by atoms with van der Waals surface area (Å²) in [6, 6.07) is 4.41. The van der Waals surface area contributed by atoms with Crippen molar-refractivity contribution in [2.75, 3.05) is 19.6 Å². The molecular formula is C17H25N3O. The Balaban J connectivity index is 1.42. The highest BCUT2D eigenvalue weighted by molar-refractivity contribution is 5.79. The van der Waals surface area contributed by atoms with Gasteiger partial charge in [-0.25, -0.2) is 0 Å². The fourth-order valence-electron chi connectivity index (χ4n) is 3.27. The van der Waals surface area contributed by atoms with Gasteiger partial charge in [0.25, 0.3) is 0 Å². The second-order valence-corrected chi connectivity index (χ2v) is 6.20. The van der Waals surface area contributed by atoms with Crippen LogP contribution in [0.1, 0.15) is 42.6 Å². The molecular weight excluding hydrogens is 262 g/mol. The van der Waals surface area contributed by atoms with Crippen molar-refractivity contribution >= 4 is 5.91 Å². The summed E-state index contributed by atoms with van der Waals surface area (Å²) < 4.78 is 0. The van der Waals surface area contributed by atoms with Crippen molar-refractivity contribution in [3.05, 3.63) is 29.1 Å². The quantitative estimate of drug-likeness (QED) is 0.809. The average Bonchev–Trinajstić information content (AvgIpc) is 3.06. The van der Waals surface area contributed by atoms with Gasteiger partial charge in [-0.3, -0.25) is 9.78 Å². The van der Waals surface area contributed by atoms with E-state index in [4.69, 9.17) is 4.98 Å². The molecule has 0 saturated carbocycles. The van der Waals surface area contributed by atoms with Gasteiger partial charge < -0.3 is 10.6 Å². The van der Waals surface area contributed by atoms with Crippen molar-refractivity contribution in [2.45, 2.75) is 44.9 Å². The van der Waals surface area contributed by atoms with Crippen LogP contribution in [0.3, 0.4) is 0 Å². The highest BCUT2D eigenvalue weighted by atomic mass is 16.1. The van der Waals surface area contributed by atoms with Gasteiger partial charge in [0.15, 0.2) is 0 Å². The van der Waals surface area contributed by atoms with Crippen LogP contribution in [-0.4, -0.2) is 30.5 Å². The smallest absolute Gasteiger partial charge is 0.224 e. The van der Waals surface area contributed by atoms with Crippen LogP contribution < -0.4 is 10.6 Å². The number of aryl methyl sites for hydroxylation is 3. The number of amides is 1. The lowest BCUT2D eigenvalue weighted by molar-refractivity contribution is -0.124. The Morgan fingerprint density at radius 3 is 3.10 bits per heavy atom. The van der Waals surface area contributed by atoms with Gasteiger partial charge in [0.05, 0.1) is 5.92 Å². The van der Waals surface area contributed by atoms with E-state index in [-0.39, 0.29) is 11.8 Å². The molecule has 2 heterocycles. The second-order valence-electron chi connectivity index (χ2n) is 6.20. The first-order valence-electron chi connectivity index (χ1n) is 8.29. The van der Waals surface area contributed by atoms with E-state index in [1.54, 1.807) is 0 Å². The zero-order chi connectivity index (χ0) is 14.5. The summed E-state index contributed by atoms with van der Waals surface area (Å²) in [5, 5.41) is 6.28. The highest BCUT2D eigenvalue weighted by Gasteiger charge is 2.21. The van der Waals surface area contributed by atoms with Crippen LogP contribution in [0.4, 0.5) is 0 Å². The number of aromatic nitrogens is 1. The molecule has 2 N–H and O–H groups in total. The maximum absolute atomic E-state index is 11.9. The first-order valence-corrected chi connectivity index (χ1v) is 8.29. The van der Waals surface area contributed by atoms with Gasteiger partial charge in [-0.1, -0.05) is 6.07 Å². The second kappa shape index (κ2) is 7.03. The highest BCUT2D eigenvalue weighted by Crippen LogP contribution is 2.19. The van der Waals surface area contributed by atoms with Crippen molar-refractivity contribution in [3.8, 4) is 0 Å². The Kier molecular flexibility index (Phi) is 4.86. The average molecular weight is 287 g/mol. The minimum atomic E-state index is 0.173. The number of carbonyl (C=O) groups excluding carboxylic acids is 1. The van der Waals surface area contributed by atoms with Crippen molar-refractivity contribution < 1.29 is 4.79 Å². The Bertz CT molecular complexity index is 495. The normalized spacial score (nSPS) is 21.0. The number of hydrogen-bond acceptors (Lipinski definition) is 3. The van der Waals surface area contributed by atoms with Gasteiger partial charge in [0.1, 0.15) is 0 Å². The molecule has 0 bridgehead atoms. The van der Waals surface area contributed by atoms with Crippen LogP contribution in [0.2, 0.25) is 0 Å². The van der Waals surface area contributed by atoms with Gasteiger partial charge in [-0.05, 0) is 63.1 Å². The molecule has 1 saturated heterocycles. The molecule has 4 nitrogen and oxygen atoms in total. The van der Waals surface area contributed by atoms with Gasteiger partial charge in [0.2, 0.25) is 5.91 Å². The van der Waals surface area contributed by atoms with Crippen LogP contribution in [0.25, 0.3) is 0 Å². The summed E-state index contributed by atoms with van der Waals surface area (Å²) in [5.74, 6) is 0.380. The van der Waals surface area contributed by atoms with Crippen molar-refractivity contribution in [1.29, 1.82) is 0 Å². The van der Waals surface area contributed by atoms with E-state index in [0.717, 1.165) is 45.3 Å². The summed E-state index contributed by atoms with van der Waals surface area (Å²) in [4.78, 5) is 16.7. The summed E-state index contributed by atoms with van der Waals surface area (Å²) in [6.07, 6.45) is 7.79. The van der Waals surface area contributed by atoms with E-state index in [0.29, 0.717) is 0 Å². The lowest BCUT2D eigenvalue weighted by Gasteiger charge is -2.15. The Labute approximate surface area is 126 Å². The predicted molar refractivity (Wildman–Crippen MR) is 83.2 cm³/mol. The molecule has 21 heavy (non-hydrogen) atoms. The van der Waals surface area contributed by atoms with Gasteiger partial charge in [0, 0.05) is 24.5 Å². The minimum absolute atomic E-state index is 0.173. The number of nitrogens with one attached hydrogen (secondary N) is 2. The summed E-state index contributed by atoms with van der Waals surface area (Å²) in [7, 11) is 0. The summed E-state index contributed by atoms with van der Waals surface area (Å²) >= 11 is 0. The molecule has 3 rings (SSSR count). The summed E-state index contributed by atoms with van der Waals surface area (Å²) in [5.41, 5.74) is 3.92. The third kappa shape index (κ3) is 3.82. The Morgan fingerprint density at radius 1 is 1.33 bits per heavy atom. The SMILES string of the molecule is O=C(NCCCc1ccc2c(n1)CCCC2)[C@@H]1CCNC1. The lowest BCUT2D eigenvalue weighted by Crippen LogP contribution is -2.32. The molecule has 1 aromatic heterocycles. The standard InChI is InChI=1S/C17H25N3O/c21-17(14-9-11-18-12-14)19-10-3-5-15-8-7-13-4-1-2-6-16(13)20-15/h7-8,14,18H,1-6,9-12H2,(H,19,21)/t14-/m1/s1. The van der Waals surface area contributed by atoms with E-state index >= 15 is 0 Å². The summed E-state index contributed by atoms with van der Waals surface area (Å²) in [6.45, 7) is 2.56. The number of rotatable bonds is 5. The van der Waals surface area contributed by atoms with E-state index in [2.05, 4.69) is 22.8 Å². The van der Waals surface area contributed by atoms with E-state index in [9.17, 15) is 4.79 Å². The zero-order valence-electron chi connectivity index (χ0n) is 12.7. The van der Waals surface area contributed by atoms with Crippen molar-refractivity contribution in [3.63, 3.8) is 0 Å². The Hall–Kier alpha value is -1.42. The van der Waals surface area contributed by atoms with Crippen LogP contribution in [-0.2, 0) is 24.1 Å². The first-order chi connectivity index (χ1) is 10.3. The zero-order valence-corrected chi connectivity index (χ0v) is 12.7. The molecule has 1 aromatic rings. The van der Waals surface area contributed by atoms with Crippen molar-refractivity contribution in [2.24, 2.45) is 5.92 Å². The van der Waals surface area contributed by atoms with Crippen LogP contribution >= 0.6 is 0 Å². The molecule has 0 unspecified atom stereocenters. The number of fused-ring (bicyclic) bond motifs is 1. The third-order valence-electron chi connectivity index (χ3n) is 4.58. The molecule has 1 fully saturated rings. The van der Waals surface area contributed by atoms with E-state index in [1.165, 1.54) is 36.2 Å². The third-order valence-corrected chi connectivity index (χ3v) is 4.58. The first kappa shape index (κ1) is 14.5. The van der Waals surface area contributed by atoms with Crippen LogP contribution in [0.5, 0.6) is 0 Å². The van der Waals surface area contributed by atoms with Crippen molar-refractivity contribution in [1.82, 2.24) is 15.6 Å². The number of carbonyl (C=O) groups is 1.